The van der Waals surface area contributed by atoms with Crippen LogP contribution in [0.3, 0.4) is 0 Å². The van der Waals surface area contributed by atoms with E-state index >= 15 is 0 Å². The molecular formula is C12H14O. The number of rotatable bonds is 2. The number of benzene rings is 1. The summed E-state index contributed by atoms with van der Waals surface area (Å²) in [5.41, 5.74) is 1.38. The van der Waals surface area contributed by atoms with Gasteiger partial charge in [0.05, 0.1) is 12.7 Å². The fourth-order valence-corrected chi connectivity index (χ4v) is 1.78. The third kappa shape index (κ3) is 1.81. The molecule has 0 saturated carbocycles. The fourth-order valence-electron chi connectivity index (χ4n) is 1.78. The van der Waals surface area contributed by atoms with Gasteiger partial charge in [0.1, 0.15) is 0 Å². The summed E-state index contributed by atoms with van der Waals surface area (Å²) in [6.45, 7) is 4.58. The quantitative estimate of drug-likeness (QED) is 0.626. The molecule has 13 heavy (non-hydrogen) atoms. The predicted octanol–water partition coefficient (Wildman–Crippen LogP) is 2.75. The highest BCUT2D eigenvalue weighted by Gasteiger charge is 2.23. The summed E-state index contributed by atoms with van der Waals surface area (Å²) >= 11 is 0. The van der Waals surface area contributed by atoms with Gasteiger partial charge in [0.2, 0.25) is 0 Å². The van der Waals surface area contributed by atoms with Gasteiger partial charge in [-0.2, -0.15) is 0 Å². The van der Waals surface area contributed by atoms with Crippen molar-refractivity contribution in [3.63, 3.8) is 0 Å². The molecule has 0 aromatic heterocycles. The molecule has 0 aliphatic carbocycles. The van der Waals surface area contributed by atoms with Gasteiger partial charge >= 0.3 is 0 Å². The van der Waals surface area contributed by atoms with Gasteiger partial charge in [0, 0.05) is 5.92 Å². The summed E-state index contributed by atoms with van der Waals surface area (Å²) in [7, 11) is 0. The zero-order valence-corrected chi connectivity index (χ0v) is 7.65. The first kappa shape index (κ1) is 8.52. The van der Waals surface area contributed by atoms with Crippen molar-refractivity contribution in [2.45, 2.75) is 18.4 Å². The molecule has 0 spiro atoms. The maximum absolute atomic E-state index is 5.55. The third-order valence-corrected chi connectivity index (χ3v) is 2.56. The van der Waals surface area contributed by atoms with Crippen molar-refractivity contribution in [1.82, 2.24) is 0 Å². The summed E-state index contributed by atoms with van der Waals surface area (Å²) in [4.78, 5) is 0. The van der Waals surface area contributed by atoms with Crippen LogP contribution in [0.15, 0.2) is 43.0 Å². The maximum atomic E-state index is 5.55. The number of hydrogen-bond donors (Lipinski definition) is 0. The number of hydrogen-bond acceptors (Lipinski definition) is 1. The Morgan fingerprint density at radius 1 is 1.31 bits per heavy atom. The Kier molecular flexibility index (Phi) is 2.46. The van der Waals surface area contributed by atoms with Crippen molar-refractivity contribution >= 4 is 0 Å². The molecule has 1 aromatic rings. The second kappa shape index (κ2) is 3.75. The van der Waals surface area contributed by atoms with Crippen LogP contribution in [0.5, 0.6) is 0 Å². The molecule has 1 heterocycles. The van der Waals surface area contributed by atoms with E-state index in [0.29, 0.717) is 5.92 Å². The molecule has 2 atom stereocenters. The Labute approximate surface area is 79.0 Å². The van der Waals surface area contributed by atoms with Crippen LogP contribution in [0.25, 0.3) is 0 Å². The van der Waals surface area contributed by atoms with Crippen molar-refractivity contribution in [3.8, 4) is 0 Å². The first-order chi connectivity index (χ1) is 6.40. The Morgan fingerprint density at radius 2 is 2.08 bits per heavy atom. The van der Waals surface area contributed by atoms with Crippen LogP contribution < -0.4 is 0 Å². The van der Waals surface area contributed by atoms with Crippen molar-refractivity contribution in [1.29, 1.82) is 0 Å². The zero-order chi connectivity index (χ0) is 9.10. The molecule has 0 amide bonds. The normalized spacial score (nSPS) is 27.4. The molecule has 0 radical (unpaired) electrons. The fraction of sp³-hybridized carbons (Fsp3) is 0.333. The minimum atomic E-state index is 0.255. The number of ether oxygens (including phenoxy) is 1. The molecule has 1 nitrogen and oxygen atoms in total. The van der Waals surface area contributed by atoms with Crippen LogP contribution in [0, 0.1) is 0 Å². The first-order valence-corrected chi connectivity index (χ1v) is 4.69. The van der Waals surface area contributed by atoms with E-state index in [2.05, 4.69) is 30.8 Å². The molecule has 1 heteroatoms. The highest BCUT2D eigenvalue weighted by molar-refractivity contribution is 5.21. The van der Waals surface area contributed by atoms with Crippen LogP contribution >= 0.6 is 0 Å². The van der Waals surface area contributed by atoms with Gasteiger partial charge in [-0.1, -0.05) is 36.4 Å². The Morgan fingerprint density at radius 3 is 2.69 bits per heavy atom. The molecule has 1 fully saturated rings. The van der Waals surface area contributed by atoms with Crippen LogP contribution in [0.1, 0.15) is 17.9 Å². The Balaban J connectivity index is 2.08. The van der Waals surface area contributed by atoms with Crippen molar-refractivity contribution < 1.29 is 4.74 Å². The van der Waals surface area contributed by atoms with Crippen molar-refractivity contribution in [2.75, 3.05) is 6.61 Å². The van der Waals surface area contributed by atoms with Crippen LogP contribution in [0.2, 0.25) is 0 Å². The molecule has 1 aliphatic rings. The highest BCUT2D eigenvalue weighted by Crippen LogP contribution is 2.29. The topological polar surface area (TPSA) is 9.23 Å². The van der Waals surface area contributed by atoms with Gasteiger partial charge in [-0.3, -0.25) is 0 Å². The second-order valence-electron chi connectivity index (χ2n) is 3.45. The Bertz CT molecular complexity index is 278. The van der Waals surface area contributed by atoms with E-state index < -0.39 is 0 Å². The molecule has 0 bridgehead atoms. The lowest BCUT2D eigenvalue weighted by molar-refractivity contribution is 0.143. The van der Waals surface area contributed by atoms with Crippen LogP contribution in [-0.2, 0) is 4.74 Å². The summed E-state index contributed by atoms with van der Waals surface area (Å²) in [6, 6.07) is 10.5. The van der Waals surface area contributed by atoms with Gasteiger partial charge < -0.3 is 4.74 Å². The SMILES string of the molecule is C=C[C@H]1CC(c2ccccc2)CO1. The van der Waals surface area contributed by atoms with E-state index in [4.69, 9.17) is 4.74 Å². The van der Waals surface area contributed by atoms with Gasteiger partial charge in [-0.15, -0.1) is 6.58 Å². The van der Waals surface area contributed by atoms with Crippen molar-refractivity contribution in [2.24, 2.45) is 0 Å². The largest absolute Gasteiger partial charge is 0.374 e. The van der Waals surface area contributed by atoms with E-state index in [1.165, 1.54) is 5.56 Å². The van der Waals surface area contributed by atoms with Gasteiger partial charge in [0.25, 0.3) is 0 Å². The van der Waals surface area contributed by atoms with E-state index in [1.54, 1.807) is 0 Å². The smallest absolute Gasteiger partial charge is 0.0760 e. The van der Waals surface area contributed by atoms with Crippen LogP contribution in [-0.4, -0.2) is 12.7 Å². The third-order valence-electron chi connectivity index (χ3n) is 2.56. The van der Waals surface area contributed by atoms with E-state index in [0.717, 1.165) is 13.0 Å². The maximum Gasteiger partial charge on any atom is 0.0760 e. The minimum absolute atomic E-state index is 0.255. The molecule has 1 aromatic carbocycles. The van der Waals surface area contributed by atoms with Crippen molar-refractivity contribution in [3.05, 3.63) is 48.6 Å². The second-order valence-corrected chi connectivity index (χ2v) is 3.45. The molecular weight excluding hydrogens is 160 g/mol. The van der Waals surface area contributed by atoms with E-state index in [9.17, 15) is 0 Å². The lowest BCUT2D eigenvalue weighted by Crippen LogP contribution is -1.98. The zero-order valence-electron chi connectivity index (χ0n) is 7.65. The lowest BCUT2D eigenvalue weighted by Gasteiger charge is -2.06. The van der Waals surface area contributed by atoms with E-state index in [1.807, 2.05) is 12.1 Å². The predicted molar refractivity (Wildman–Crippen MR) is 53.7 cm³/mol. The average molecular weight is 174 g/mol. The monoisotopic (exact) mass is 174 g/mol. The lowest BCUT2D eigenvalue weighted by atomic mass is 9.96. The molecule has 0 N–H and O–H groups in total. The van der Waals surface area contributed by atoms with Gasteiger partial charge in [-0.25, -0.2) is 0 Å². The van der Waals surface area contributed by atoms with Crippen LogP contribution in [0.4, 0.5) is 0 Å². The summed E-state index contributed by atoms with van der Waals surface area (Å²) < 4.78 is 5.55. The standard InChI is InChI=1S/C12H14O/c1-2-12-8-11(9-13-12)10-6-4-3-5-7-10/h2-7,11-12H,1,8-9H2/t11?,12-/m0/s1. The molecule has 68 valence electrons. The van der Waals surface area contributed by atoms with Gasteiger partial charge in [0.15, 0.2) is 0 Å². The summed E-state index contributed by atoms with van der Waals surface area (Å²) in [5.74, 6) is 0.559. The molecule has 2 rings (SSSR count). The molecule has 1 unspecified atom stereocenters. The van der Waals surface area contributed by atoms with Gasteiger partial charge in [-0.05, 0) is 12.0 Å². The molecule has 1 saturated heterocycles. The minimum Gasteiger partial charge on any atom is -0.374 e. The van der Waals surface area contributed by atoms with E-state index in [-0.39, 0.29) is 6.10 Å². The first-order valence-electron chi connectivity index (χ1n) is 4.69. The summed E-state index contributed by atoms with van der Waals surface area (Å²) in [6.07, 6.45) is 3.22. The highest BCUT2D eigenvalue weighted by atomic mass is 16.5. The summed E-state index contributed by atoms with van der Waals surface area (Å²) in [5, 5.41) is 0. The average Bonchev–Trinajstić information content (AvgIpc) is 2.67. The Hall–Kier alpha value is -1.08. The molecule has 1 aliphatic heterocycles.